The zero-order chi connectivity index (χ0) is 20.8. The summed E-state index contributed by atoms with van der Waals surface area (Å²) in [5, 5.41) is 4.02. The van der Waals surface area contributed by atoms with Crippen LogP contribution < -0.4 is 0 Å². The largest absolute Gasteiger partial charge is 0.379 e. The number of nitrogens with zero attached hydrogens (tertiary/aromatic N) is 2. The fourth-order valence-electron chi connectivity index (χ4n) is 4.27. The highest BCUT2D eigenvalue weighted by molar-refractivity contribution is 5.17. The van der Waals surface area contributed by atoms with Gasteiger partial charge in [-0.25, -0.2) is 4.39 Å². The molecule has 0 N–H and O–H groups in total. The average molecular weight is 409 g/mol. The SMILES string of the molecule is Cc1cc(C[C@@H]2COC[C@H]2N(CCCc2ccccc2)Cc2ccc(F)cc2)on1. The number of halogens is 1. The number of ether oxygens (including phenoxy) is 1. The van der Waals surface area contributed by atoms with Crippen LogP contribution in [0.3, 0.4) is 0 Å². The van der Waals surface area contributed by atoms with E-state index in [2.05, 4.69) is 40.4 Å². The van der Waals surface area contributed by atoms with Crippen molar-refractivity contribution in [1.29, 1.82) is 0 Å². The molecule has 0 radical (unpaired) electrons. The van der Waals surface area contributed by atoms with Crippen LogP contribution in [0.4, 0.5) is 4.39 Å². The molecule has 0 saturated carbocycles. The van der Waals surface area contributed by atoms with Gasteiger partial charge in [-0.05, 0) is 49.6 Å². The van der Waals surface area contributed by atoms with Gasteiger partial charge in [-0.15, -0.1) is 0 Å². The van der Waals surface area contributed by atoms with E-state index in [1.165, 1.54) is 17.7 Å². The molecular weight excluding hydrogens is 379 g/mol. The van der Waals surface area contributed by atoms with Gasteiger partial charge in [0.15, 0.2) is 0 Å². The molecule has 1 aliphatic heterocycles. The molecule has 0 amide bonds. The Morgan fingerprint density at radius 3 is 2.57 bits per heavy atom. The molecule has 1 aromatic heterocycles. The van der Waals surface area contributed by atoms with Gasteiger partial charge in [0.1, 0.15) is 11.6 Å². The summed E-state index contributed by atoms with van der Waals surface area (Å²) in [5.41, 5.74) is 3.39. The maximum atomic E-state index is 13.4. The van der Waals surface area contributed by atoms with Gasteiger partial charge in [-0.1, -0.05) is 47.6 Å². The van der Waals surface area contributed by atoms with Crippen LogP contribution in [0.1, 0.15) is 29.0 Å². The highest BCUT2D eigenvalue weighted by atomic mass is 19.1. The van der Waals surface area contributed by atoms with E-state index in [4.69, 9.17) is 9.26 Å². The molecule has 5 heteroatoms. The number of rotatable bonds is 9. The molecule has 4 rings (SSSR count). The zero-order valence-corrected chi connectivity index (χ0v) is 17.5. The van der Waals surface area contributed by atoms with E-state index in [0.717, 1.165) is 56.0 Å². The number of aryl methyl sites for hydroxylation is 2. The van der Waals surface area contributed by atoms with Gasteiger partial charge < -0.3 is 9.26 Å². The van der Waals surface area contributed by atoms with Crippen molar-refractivity contribution >= 4 is 0 Å². The summed E-state index contributed by atoms with van der Waals surface area (Å²) in [6.07, 6.45) is 2.93. The van der Waals surface area contributed by atoms with Crippen molar-refractivity contribution in [2.24, 2.45) is 5.92 Å². The molecular formula is C25H29FN2O2. The molecule has 2 atom stereocenters. The highest BCUT2D eigenvalue weighted by Gasteiger charge is 2.34. The second-order valence-corrected chi connectivity index (χ2v) is 8.19. The van der Waals surface area contributed by atoms with E-state index in [-0.39, 0.29) is 5.82 Å². The van der Waals surface area contributed by atoms with Crippen molar-refractivity contribution in [1.82, 2.24) is 10.1 Å². The Balaban J connectivity index is 1.45. The van der Waals surface area contributed by atoms with Crippen LogP contribution >= 0.6 is 0 Å². The van der Waals surface area contributed by atoms with Crippen LogP contribution in [0.15, 0.2) is 65.2 Å². The van der Waals surface area contributed by atoms with Gasteiger partial charge in [-0.2, -0.15) is 0 Å². The number of benzene rings is 2. The van der Waals surface area contributed by atoms with Crippen LogP contribution in [0.5, 0.6) is 0 Å². The Hall–Kier alpha value is -2.50. The van der Waals surface area contributed by atoms with Gasteiger partial charge in [0.25, 0.3) is 0 Å². The first-order chi connectivity index (χ1) is 14.7. The monoisotopic (exact) mass is 408 g/mol. The third-order valence-electron chi connectivity index (χ3n) is 5.83. The maximum absolute atomic E-state index is 13.4. The van der Waals surface area contributed by atoms with Crippen LogP contribution in [0.2, 0.25) is 0 Å². The summed E-state index contributed by atoms with van der Waals surface area (Å²) in [6, 6.07) is 19.7. The molecule has 1 fully saturated rings. The minimum absolute atomic E-state index is 0.197. The standard InChI is InChI=1S/C25H29FN2O2/c1-19-14-24(30-27-19)15-22-17-29-18-25(22)28(16-21-9-11-23(26)12-10-21)13-5-8-20-6-3-2-4-7-20/h2-4,6-7,9-12,14,22,25H,5,8,13,15-18H2,1H3/t22-,25-/m1/s1. The summed E-state index contributed by atoms with van der Waals surface area (Å²) in [5.74, 6) is 1.07. The lowest BCUT2D eigenvalue weighted by Crippen LogP contribution is -2.41. The van der Waals surface area contributed by atoms with Gasteiger partial charge >= 0.3 is 0 Å². The summed E-state index contributed by atoms with van der Waals surface area (Å²) in [6.45, 7) is 5.13. The minimum Gasteiger partial charge on any atom is -0.379 e. The fraction of sp³-hybridized carbons (Fsp3) is 0.400. The maximum Gasteiger partial charge on any atom is 0.137 e. The second-order valence-electron chi connectivity index (χ2n) is 8.19. The van der Waals surface area contributed by atoms with Crippen molar-refractivity contribution in [3.63, 3.8) is 0 Å². The Bertz CT molecular complexity index is 910. The predicted octanol–water partition coefficient (Wildman–Crippen LogP) is 4.81. The average Bonchev–Trinajstić information content (AvgIpc) is 3.38. The molecule has 158 valence electrons. The molecule has 30 heavy (non-hydrogen) atoms. The van der Waals surface area contributed by atoms with E-state index in [0.29, 0.717) is 18.6 Å². The van der Waals surface area contributed by atoms with Crippen LogP contribution in [0.25, 0.3) is 0 Å². The van der Waals surface area contributed by atoms with Gasteiger partial charge in [0.05, 0.1) is 18.9 Å². The second kappa shape index (κ2) is 10.0. The van der Waals surface area contributed by atoms with Crippen molar-refractivity contribution in [2.75, 3.05) is 19.8 Å². The third kappa shape index (κ3) is 5.55. The summed E-state index contributed by atoms with van der Waals surface area (Å²) < 4.78 is 24.7. The molecule has 4 nitrogen and oxygen atoms in total. The van der Waals surface area contributed by atoms with E-state index in [1.807, 2.05) is 25.1 Å². The van der Waals surface area contributed by atoms with Gasteiger partial charge in [-0.3, -0.25) is 4.90 Å². The zero-order valence-electron chi connectivity index (χ0n) is 17.5. The molecule has 0 bridgehead atoms. The Morgan fingerprint density at radius 1 is 1.03 bits per heavy atom. The van der Waals surface area contributed by atoms with Crippen molar-refractivity contribution in [2.45, 2.75) is 38.8 Å². The minimum atomic E-state index is -0.197. The van der Waals surface area contributed by atoms with E-state index >= 15 is 0 Å². The predicted molar refractivity (Wildman–Crippen MR) is 115 cm³/mol. The Labute approximate surface area is 177 Å². The van der Waals surface area contributed by atoms with Crippen LogP contribution in [-0.2, 0) is 24.1 Å². The summed E-state index contributed by atoms with van der Waals surface area (Å²) in [4.78, 5) is 2.50. The summed E-state index contributed by atoms with van der Waals surface area (Å²) in [7, 11) is 0. The molecule has 2 heterocycles. The Kier molecular flexibility index (Phi) is 6.92. The lowest BCUT2D eigenvalue weighted by molar-refractivity contribution is 0.132. The molecule has 1 saturated heterocycles. The van der Waals surface area contributed by atoms with Crippen LogP contribution in [0, 0.1) is 18.7 Å². The first-order valence-corrected chi connectivity index (χ1v) is 10.7. The van der Waals surface area contributed by atoms with E-state index < -0.39 is 0 Å². The number of hydrogen-bond donors (Lipinski definition) is 0. The van der Waals surface area contributed by atoms with Crippen molar-refractivity contribution in [3.8, 4) is 0 Å². The molecule has 1 aliphatic rings. The molecule has 3 aromatic rings. The quantitative estimate of drug-likeness (QED) is 0.509. The fourth-order valence-corrected chi connectivity index (χ4v) is 4.27. The molecule has 2 aromatic carbocycles. The smallest absolute Gasteiger partial charge is 0.137 e. The van der Waals surface area contributed by atoms with Crippen LogP contribution in [-0.4, -0.2) is 35.9 Å². The molecule has 0 aliphatic carbocycles. The summed E-state index contributed by atoms with van der Waals surface area (Å²) >= 11 is 0. The number of hydrogen-bond acceptors (Lipinski definition) is 4. The van der Waals surface area contributed by atoms with Crippen molar-refractivity contribution in [3.05, 3.63) is 89.1 Å². The Morgan fingerprint density at radius 2 is 1.83 bits per heavy atom. The molecule has 0 spiro atoms. The highest BCUT2D eigenvalue weighted by Crippen LogP contribution is 2.26. The van der Waals surface area contributed by atoms with Gasteiger partial charge in [0.2, 0.25) is 0 Å². The lowest BCUT2D eigenvalue weighted by atomic mass is 9.95. The van der Waals surface area contributed by atoms with Gasteiger partial charge in [0, 0.05) is 31.0 Å². The van der Waals surface area contributed by atoms with Crippen molar-refractivity contribution < 1.29 is 13.7 Å². The van der Waals surface area contributed by atoms with E-state index in [9.17, 15) is 4.39 Å². The topological polar surface area (TPSA) is 38.5 Å². The first-order valence-electron chi connectivity index (χ1n) is 10.7. The normalized spacial score (nSPS) is 18.9. The third-order valence-corrected chi connectivity index (χ3v) is 5.83. The van der Waals surface area contributed by atoms with E-state index in [1.54, 1.807) is 0 Å². The first kappa shape index (κ1) is 20.8. The number of aromatic nitrogens is 1. The molecule has 0 unspecified atom stereocenters. The lowest BCUT2D eigenvalue weighted by Gasteiger charge is -2.32.